The summed E-state index contributed by atoms with van der Waals surface area (Å²) in [5.74, 6) is 0.839. The van der Waals surface area contributed by atoms with Crippen molar-refractivity contribution >= 4 is 5.69 Å². The number of ether oxygens (including phenoxy) is 1. The zero-order valence-electron chi connectivity index (χ0n) is 13.7. The van der Waals surface area contributed by atoms with Crippen molar-refractivity contribution < 1.29 is 9.84 Å². The van der Waals surface area contributed by atoms with E-state index in [9.17, 15) is 5.11 Å². The molecule has 3 rings (SSSR count). The van der Waals surface area contributed by atoms with Crippen molar-refractivity contribution in [2.75, 3.05) is 25.0 Å². The van der Waals surface area contributed by atoms with Crippen molar-refractivity contribution in [2.45, 2.75) is 32.1 Å². The fourth-order valence-corrected chi connectivity index (χ4v) is 3.27. The van der Waals surface area contributed by atoms with Crippen LogP contribution < -0.4 is 10.6 Å². The predicted octanol–water partition coefficient (Wildman–Crippen LogP) is 2.99. The van der Waals surface area contributed by atoms with Gasteiger partial charge in [-0.2, -0.15) is 0 Å². The summed E-state index contributed by atoms with van der Waals surface area (Å²) in [4.78, 5) is 0. The van der Waals surface area contributed by atoms with Crippen LogP contribution in [0, 0.1) is 5.92 Å². The van der Waals surface area contributed by atoms with Crippen molar-refractivity contribution in [3.8, 4) is 0 Å². The second-order valence-corrected chi connectivity index (χ2v) is 6.43. The van der Waals surface area contributed by atoms with Gasteiger partial charge in [-0.1, -0.05) is 42.0 Å². The monoisotopic (exact) mass is 314 g/mol. The second kappa shape index (κ2) is 7.77. The zero-order valence-corrected chi connectivity index (χ0v) is 13.7. The molecule has 1 saturated heterocycles. The molecule has 3 N–H and O–H groups in total. The van der Waals surface area contributed by atoms with Crippen LogP contribution in [0.2, 0.25) is 0 Å². The highest BCUT2D eigenvalue weighted by atomic mass is 16.6. The Hall–Kier alpha value is -1.62. The Morgan fingerprint density at radius 1 is 1.39 bits per heavy atom. The molecule has 2 unspecified atom stereocenters. The largest absolute Gasteiger partial charge is 0.351 e. The van der Waals surface area contributed by atoms with E-state index in [0.717, 1.165) is 31.6 Å². The first-order valence-electron chi connectivity index (χ1n) is 8.43. The van der Waals surface area contributed by atoms with Crippen LogP contribution in [0.5, 0.6) is 0 Å². The maximum atomic E-state index is 10.2. The van der Waals surface area contributed by atoms with Gasteiger partial charge < -0.3 is 20.5 Å². The van der Waals surface area contributed by atoms with E-state index in [1.807, 2.05) is 18.2 Å². The van der Waals surface area contributed by atoms with E-state index in [-0.39, 0.29) is 0 Å². The fraction of sp³-hybridized carbons (Fsp3) is 0.474. The molecule has 1 aliphatic heterocycles. The van der Waals surface area contributed by atoms with Crippen molar-refractivity contribution in [1.29, 1.82) is 0 Å². The van der Waals surface area contributed by atoms with E-state index in [0.29, 0.717) is 18.4 Å². The SMILES string of the molecule is CC1=CC(c2ccccc2NC(O)OC[C@H]2CCNC2)CC=C1. The minimum atomic E-state index is -0.971. The lowest BCUT2D eigenvalue weighted by Crippen LogP contribution is -2.27. The van der Waals surface area contributed by atoms with Gasteiger partial charge in [-0.05, 0) is 43.9 Å². The number of anilines is 1. The van der Waals surface area contributed by atoms with E-state index in [2.05, 4.69) is 41.9 Å². The molecule has 0 aromatic heterocycles. The third-order valence-electron chi connectivity index (χ3n) is 4.53. The molecule has 0 amide bonds. The van der Waals surface area contributed by atoms with Crippen LogP contribution in [0.3, 0.4) is 0 Å². The maximum Gasteiger partial charge on any atom is 0.235 e. The Bertz CT molecular complexity index is 576. The molecule has 0 radical (unpaired) electrons. The average molecular weight is 314 g/mol. The van der Waals surface area contributed by atoms with E-state index in [1.54, 1.807) is 0 Å². The summed E-state index contributed by atoms with van der Waals surface area (Å²) in [7, 11) is 0. The van der Waals surface area contributed by atoms with Crippen LogP contribution >= 0.6 is 0 Å². The Kier molecular flexibility index (Phi) is 5.49. The van der Waals surface area contributed by atoms with E-state index >= 15 is 0 Å². The van der Waals surface area contributed by atoms with Gasteiger partial charge in [-0.15, -0.1) is 0 Å². The molecular weight excluding hydrogens is 288 g/mol. The Balaban J connectivity index is 1.62. The summed E-state index contributed by atoms with van der Waals surface area (Å²) in [6.07, 6.45) is 7.76. The van der Waals surface area contributed by atoms with E-state index in [1.165, 1.54) is 11.1 Å². The highest BCUT2D eigenvalue weighted by Crippen LogP contribution is 2.32. The summed E-state index contributed by atoms with van der Waals surface area (Å²) in [6.45, 7) is 4.71. The standard InChI is InChI=1S/C19H26N2O2/c1-14-5-4-6-16(11-14)17-7-2-3-8-18(17)21-19(22)23-13-15-9-10-20-12-15/h2-5,7-8,11,15-16,19-22H,6,9-10,12-13H2,1H3/t15-,16?,19?/m0/s1. The number of rotatable bonds is 6. The normalized spacial score (nSPS) is 25.2. The first-order chi connectivity index (χ1) is 11.2. The van der Waals surface area contributed by atoms with Crippen LogP contribution in [-0.2, 0) is 4.74 Å². The number of para-hydroxylation sites is 1. The third kappa shape index (κ3) is 4.44. The summed E-state index contributed by atoms with van der Waals surface area (Å²) in [6, 6.07) is 8.14. The molecule has 124 valence electrons. The maximum absolute atomic E-state index is 10.2. The fourth-order valence-electron chi connectivity index (χ4n) is 3.27. The molecule has 0 spiro atoms. The minimum absolute atomic E-state index is 0.343. The van der Waals surface area contributed by atoms with Gasteiger partial charge in [0.1, 0.15) is 0 Å². The smallest absolute Gasteiger partial charge is 0.235 e. The Morgan fingerprint density at radius 2 is 2.26 bits per heavy atom. The summed E-state index contributed by atoms with van der Waals surface area (Å²) >= 11 is 0. The number of benzene rings is 1. The van der Waals surface area contributed by atoms with Gasteiger partial charge in [0.2, 0.25) is 6.41 Å². The highest BCUT2D eigenvalue weighted by molar-refractivity contribution is 5.55. The first kappa shape index (κ1) is 16.2. The molecule has 1 aromatic carbocycles. The van der Waals surface area contributed by atoms with Gasteiger partial charge in [-0.3, -0.25) is 0 Å². The van der Waals surface area contributed by atoms with Gasteiger partial charge in [0.05, 0.1) is 6.61 Å². The molecule has 2 aliphatic rings. The van der Waals surface area contributed by atoms with Crippen molar-refractivity contribution in [1.82, 2.24) is 5.32 Å². The summed E-state index contributed by atoms with van der Waals surface area (Å²) in [5.41, 5.74) is 3.41. The van der Waals surface area contributed by atoms with Crippen molar-refractivity contribution in [3.05, 3.63) is 53.6 Å². The molecule has 0 saturated carbocycles. The van der Waals surface area contributed by atoms with Gasteiger partial charge in [-0.25, -0.2) is 0 Å². The van der Waals surface area contributed by atoms with Crippen LogP contribution in [0.4, 0.5) is 5.69 Å². The molecule has 0 bridgehead atoms. The lowest BCUT2D eigenvalue weighted by Gasteiger charge is -2.23. The molecular formula is C19H26N2O2. The van der Waals surface area contributed by atoms with E-state index < -0.39 is 6.41 Å². The number of hydrogen-bond donors (Lipinski definition) is 3. The molecule has 1 aliphatic carbocycles. The van der Waals surface area contributed by atoms with Crippen LogP contribution in [-0.4, -0.2) is 31.2 Å². The third-order valence-corrected chi connectivity index (χ3v) is 4.53. The highest BCUT2D eigenvalue weighted by Gasteiger charge is 2.18. The summed E-state index contributed by atoms with van der Waals surface area (Å²) < 4.78 is 5.57. The van der Waals surface area contributed by atoms with Gasteiger partial charge in [0.15, 0.2) is 0 Å². The first-order valence-corrected chi connectivity index (χ1v) is 8.43. The van der Waals surface area contributed by atoms with Crippen LogP contribution in [0.15, 0.2) is 48.1 Å². The van der Waals surface area contributed by atoms with Crippen molar-refractivity contribution in [2.24, 2.45) is 5.92 Å². The number of aliphatic hydroxyl groups excluding tert-OH is 1. The Morgan fingerprint density at radius 3 is 3.04 bits per heavy atom. The Labute approximate surface area is 138 Å². The quantitative estimate of drug-likeness (QED) is 0.707. The number of hydrogen-bond acceptors (Lipinski definition) is 4. The molecule has 23 heavy (non-hydrogen) atoms. The molecule has 4 nitrogen and oxygen atoms in total. The minimum Gasteiger partial charge on any atom is -0.351 e. The zero-order chi connectivity index (χ0) is 16.1. The topological polar surface area (TPSA) is 53.5 Å². The van der Waals surface area contributed by atoms with Crippen LogP contribution in [0.1, 0.15) is 31.2 Å². The molecule has 1 heterocycles. The number of nitrogens with one attached hydrogen (secondary N) is 2. The average Bonchev–Trinajstić information content (AvgIpc) is 3.07. The molecule has 4 heteroatoms. The summed E-state index contributed by atoms with van der Waals surface area (Å²) in [5, 5.41) is 16.6. The van der Waals surface area contributed by atoms with Crippen LogP contribution in [0.25, 0.3) is 0 Å². The molecule has 1 aromatic rings. The number of allylic oxidation sites excluding steroid dienone is 4. The van der Waals surface area contributed by atoms with Crippen molar-refractivity contribution in [3.63, 3.8) is 0 Å². The molecule has 1 fully saturated rings. The van der Waals surface area contributed by atoms with E-state index in [4.69, 9.17) is 4.74 Å². The lowest BCUT2D eigenvalue weighted by molar-refractivity contribution is -0.0879. The second-order valence-electron chi connectivity index (χ2n) is 6.43. The predicted molar refractivity (Wildman–Crippen MR) is 93.3 cm³/mol. The van der Waals surface area contributed by atoms with Gasteiger partial charge >= 0.3 is 0 Å². The molecule has 3 atom stereocenters. The lowest BCUT2D eigenvalue weighted by atomic mass is 9.89. The number of aliphatic hydroxyl groups is 1. The van der Waals surface area contributed by atoms with Gasteiger partial charge in [0.25, 0.3) is 0 Å². The van der Waals surface area contributed by atoms with Gasteiger partial charge in [0, 0.05) is 18.2 Å².